The summed E-state index contributed by atoms with van der Waals surface area (Å²) in [6, 6.07) is -0.408. The van der Waals surface area contributed by atoms with Crippen LogP contribution in [0.5, 0.6) is 0 Å². The number of hydrogen-bond donors (Lipinski definition) is 2. The Bertz CT molecular complexity index is 178. The van der Waals surface area contributed by atoms with E-state index in [1.54, 1.807) is 13.8 Å². The van der Waals surface area contributed by atoms with Crippen molar-refractivity contribution in [1.82, 2.24) is 5.32 Å². The van der Waals surface area contributed by atoms with Crippen molar-refractivity contribution in [2.75, 3.05) is 7.11 Å². The lowest BCUT2D eigenvalue weighted by Gasteiger charge is -2.31. The molecule has 2 unspecified atom stereocenters. The van der Waals surface area contributed by atoms with E-state index in [9.17, 15) is 9.90 Å². The predicted octanol–water partition coefficient (Wildman–Crippen LogP) is 0.297. The fourth-order valence-electron chi connectivity index (χ4n) is 0.914. The lowest BCUT2D eigenvalue weighted by molar-refractivity contribution is -0.143. The summed E-state index contributed by atoms with van der Waals surface area (Å²) in [6.45, 7) is 7.04. The lowest BCUT2D eigenvalue weighted by Crippen LogP contribution is -2.54. The van der Waals surface area contributed by atoms with Crippen LogP contribution in [0.4, 0.5) is 0 Å². The fraction of sp³-hybridized carbons (Fsp3) is 0.889. The zero-order valence-electron chi connectivity index (χ0n) is 8.92. The summed E-state index contributed by atoms with van der Waals surface area (Å²) in [5.41, 5.74) is -0.492. The first-order valence-corrected chi connectivity index (χ1v) is 4.35. The van der Waals surface area contributed by atoms with E-state index in [2.05, 4.69) is 10.1 Å². The van der Waals surface area contributed by atoms with Crippen LogP contribution in [0.2, 0.25) is 0 Å². The summed E-state index contributed by atoms with van der Waals surface area (Å²) in [5, 5.41) is 12.4. The SMILES string of the molecule is COC(=O)C(C)NC(C)(C)C(C)O. The molecule has 0 fully saturated rings. The molecule has 0 amide bonds. The van der Waals surface area contributed by atoms with Crippen LogP contribution in [-0.2, 0) is 9.53 Å². The molecule has 0 aliphatic rings. The smallest absolute Gasteiger partial charge is 0.322 e. The quantitative estimate of drug-likeness (QED) is 0.624. The molecule has 4 heteroatoms. The van der Waals surface area contributed by atoms with E-state index in [4.69, 9.17) is 0 Å². The van der Waals surface area contributed by atoms with E-state index in [0.717, 1.165) is 0 Å². The van der Waals surface area contributed by atoms with Gasteiger partial charge in [-0.05, 0) is 27.7 Å². The normalized spacial score (nSPS) is 16.5. The highest BCUT2D eigenvalue weighted by atomic mass is 16.5. The Labute approximate surface area is 79.3 Å². The Hall–Kier alpha value is -0.610. The zero-order chi connectivity index (χ0) is 10.6. The molecular formula is C9H19NO3. The number of aliphatic hydroxyl groups excluding tert-OH is 1. The average Bonchev–Trinajstić information content (AvgIpc) is 2.01. The Balaban J connectivity index is 4.19. The van der Waals surface area contributed by atoms with Gasteiger partial charge in [0.2, 0.25) is 0 Å². The number of aliphatic hydroxyl groups is 1. The Kier molecular flexibility index (Phi) is 4.36. The summed E-state index contributed by atoms with van der Waals surface area (Å²) < 4.78 is 4.55. The molecule has 0 saturated carbocycles. The van der Waals surface area contributed by atoms with Gasteiger partial charge in [0, 0.05) is 5.54 Å². The molecule has 0 aliphatic heterocycles. The molecule has 0 saturated heterocycles. The van der Waals surface area contributed by atoms with Gasteiger partial charge in [0.15, 0.2) is 0 Å². The Morgan fingerprint density at radius 3 is 2.23 bits per heavy atom. The van der Waals surface area contributed by atoms with Gasteiger partial charge in [-0.25, -0.2) is 0 Å². The third-order valence-electron chi connectivity index (χ3n) is 2.19. The van der Waals surface area contributed by atoms with Crippen LogP contribution in [0.1, 0.15) is 27.7 Å². The van der Waals surface area contributed by atoms with E-state index in [-0.39, 0.29) is 5.97 Å². The number of hydrogen-bond acceptors (Lipinski definition) is 4. The maximum absolute atomic E-state index is 11.0. The third-order valence-corrected chi connectivity index (χ3v) is 2.19. The second-order valence-electron chi connectivity index (χ2n) is 3.79. The minimum absolute atomic E-state index is 0.325. The first-order chi connectivity index (χ1) is 5.81. The molecule has 0 bridgehead atoms. The van der Waals surface area contributed by atoms with Crippen LogP contribution < -0.4 is 5.32 Å². The summed E-state index contributed by atoms with van der Waals surface area (Å²) in [7, 11) is 1.34. The van der Waals surface area contributed by atoms with Gasteiger partial charge in [-0.15, -0.1) is 0 Å². The lowest BCUT2D eigenvalue weighted by atomic mass is 9.97. The monoisotopic (exact) mass is 189 g/mol. The van der Waals surface area contributed by atoms with Gasteiger partial charge in [0.1, 0.15) is 6.04 Å². The van der Waals surface area contributed by atoms with Crippen molar-refractivity contribution in [1.29, 1.82) is 0 Å². The average molecular weight is 189 g/mol. The Morgan fingerprint density at radius 1 is 1.46 bits per heavy atom. The number of carbonyl (C=O) groups is 1. The van der Waals surface area contributed by atoms with Crippen molar-refractivity contribution in [2.24, 2.45) is 0 Å². The van der Waals surface area contributed by atoms with Crippen LogP contribution in [0.3, 0.4) is 0 Å². The summed E-state index contributed by atoms with van der Waals surface area (Å²) >= 11 is 0. The van der Waals surface area contributed by atoms with E-state index in [1.807, 2.05) is 13.8 Å². The van der Waals surface area contributed by atoms with Gasteiger partial charge in [-0.3, -0.25) is 10.1 Å². The van der Waals surface area contributed by atoms with E-state index in [1.165, 1.54) is 7.11 Å². The van der Waals surface area contributed by atoms with Crippen molar-refractivity contribution < 1.29 is 14.6 Å². The number of ether oxygens (including phenoxy) is 1. The summed E-state index contributed by atoms with van der Waals surface area (Å²) in [5.74, 6) is -0.325. The molecule has 0 radical (unpaired) electrons. The highest BCUT2D eigenvalue weighted by molar-refractivity contribution is 5.75. The molecule has 0 rings (SSSR count). The van der Waals surface area contributed by atoms with Crippen LogP contribution in [-0.4, -0.2) is 35.9 Å². The minimum atomic E-state index is -0.528. The largest absolute Gasteiger partial charge is 0.468 e. The molecule has 0 heterocycles. The van der Waals surface area contributed by atoms with Crippen molar-refractivity contribution in [3.63, 3.8) is 0 Å². The molecule has 0 aromatic rings. The van der Waals surface area contributed by atoms with Crippen molar-refractivity contribution in [2.45, 2.75) is 45.4 Å². The standard InChI is InChI=1S/C9H19NO3/c1-6(8(12)13-5)10-9(3,4)7(2)11/h6-7,10-11H,1-5H3. The van der Waals surface area contributed by atoms with E-state index < -0.39 is 17.7 Å². The predicted molar refractivity (Wildman–Crippen MR) is 50.4 cm³/mol. The molecule has 2 atom stereocenters. The molecule has 2 N–H and O–H groups in total. The van der Waals surface area contributed by atoms with Crippen molar-refractivity contribution in [3.8, 4) is 0 Å². The second-order valence-corrected chi connectivity index (χ2v) is 3.79. The van der Waals surface area contributed by atoms with Crippen LogP contribution >= 0.6 is 0 Å². The van der Waals surface area contributed by atoms with Crippen LogP contribution in [0, 0.1) is 0 Å². The highest BCUT2D eigenvalue weighted by Crippen LogP contribution is 2.09. The molecule has 0 aromatic carbocycles. The number of esters is 1. The first kappa shape index (κ1) is 12.4. The molecule has 4 nitrogen and oxygen atoms in total. The molecule has 0 aromatic heterocycles. The summed E-state index contributed by atoms with van der Waals surface area (Å²) in [6.07, 6.45) is -0.528. The van der Waals surface area contributed by atoms with Gasteiger partial charge >= 0.3 is 5.97 Å². The summed E-state index contributed by atoms with van der Waals surface area (Å²) in [4.78, 5) is 11.0. The highest BCUT2D eigenvalue weighted by Gasteiger charge is 2.28. The van der Waals surface area contributed by atoms with Crippen LogP contribution in [0.15, 0.2) is 0 Å². The molecule has 0 aliphatic carbocycles. The minimum Gasteiger partial charge on any atom is -0.468 e. The van der Waals surface area contributed by atoms with Gasteiger partial charge < -0.3 is 9.84 Å². The number of methoxy groups -OCH3 is 1. The second kappa shape index (κ2) is 4.58. The maximum atomic E-state index is 11.0. The van der Waals surface area contributed by atoms with Gasteiger partial charge in [0.05, 0.1) is 13.2 Å². The number of nitrogens with one attached hydrogen (secondary N) is 1. The molecule has 0 spiro atoms. The van der Waals surface area contributed by atoms with E-state index >= 15 is 0 Å². The molecular weight excluding hydrogens is 170 g/mol. The van der Waals surface area contributed by atoms with Gasteiger partial charge in [-0.2, -0.15) is 0 Å². The van der Waals surface area contributed by atoms with Crippen molar-refractivity contribution in [3.05, 3.63) is 0 Å². The number of carbonyl (C=O) groups excluding carboxylic acids is 1. The van der Waals surface area contributed by atoms with Gasteiger partial charge in [-0.1, -0.05) is 0 Å². The van der Waals surface area contributed by atoms with E-state index in [0.29, 0.717) is 0 Å². The number of rotatable bonds is 4. The molecule has 78 valence electrons. The first-order valence-electron chi connectivity index (χ1n) is 4.35. The fourth-order valence-corrected chi connectivity index (χ4v) is 0.914. The zero-order valence-corrected chi connectivity index (χ0v) is 8.92. The molecule has 13 heavy (non-hydrogen) atoms. The topological polar surface area (TPSA) is 58.6 Å². The van der Waals surface area contributed by atoms with Crippen molar-refractivity contribution >= 4 is 5.97 Å². The van der Waals surface area contributed by atoms with Crippen LogP contribution in [0.25, 0.3) is 0 Å². The Morgan fingerprint density at radius 2 is 1.92 bits per heavy atom. The maximum Gasteiger partial charge on any atom is 0.322 e. The van der Waals surface area contributed by atoms with Gasteiger partial charge in [0.25, 0.3) is 0 Å². The third kappa shape index (κ3) is 3.74.